The quantitative estimate of drug-likeness (QED) is 0.222. The Bertz CT molecular complexity index is 1070. The van der Waals surface area contributed by atoms with Crippen LogP contribution in [-0.4, -0.2) is 22.4 Å². The Morgan fingerprint density at radius 2 is 1.53 bits per heavy atom. The molecule has 0 amide bonds. The summed E-state index contributed by atoms with van der Waals surface area (Å²) in [6.45, 7) is 1.53. The van der Waals surface area contributed by atoms with Crippen LogP contribution in [0.15, 0.2) is 82.2 Å². The SMILES string of the molecule is CC(=O)c1ccc(NC(=S)Nc2cccc(SCC(=O)c3ccc(Br)cc3)c2)cc1. The molecule has 3 aromatic rings. The Balaban J connectivity index is 1.55. The Kier molecular flexibility index (Phi) is 7.79. The summed E-state index contributed by atoms with van der Waals surface area (Å²) in [6.07, 6.45) is 0. The van der Waals surface area contributed by atoms with Crippen LogP contribution in [0.1, 0.15) is 27.6 Å². The van der Waals surface area contributed by atoms with Gasteiger partial charge in [0, 0.05) is 31.9 Å². The van der Waals surface area contributed by atoms with E-state index in [9.17, 15) is 9.59 Å². The number of Topliss-reactive ketones (excluding diaryl/α,β-unsaturated/α-hetero) is 2. The zero-order valence-corrected chi connectivity index (χ0v) is 19.4. The Labute approximate surface area is 193 Å². The maximum absolute atomic E-state index is 12.4. The largest absolute Gasteiger partial charge is 0.332 e. The summed E-state index contributed by atoms with van der Waals surface area (Å²) < 4.78 is 0.949. The van der Waals surface area contributed by atoms with Gasteiger partial charge in [-0.25, -0.2) is 0 Å². The third-order valence-electron chi connectivity index (χ3n) is 4.18. The number of thiocarbonyl (C=S) groups is 1. The van der Waals surface area contributed by atoms with Gasteiger partial charge in [0.2, 0.25) is 0 Å². The minimum Gasteiger partial charge on any atom is -0.332 e. The topological polar surface area (TPSA) is 58.2 Å². The zero-order valence-electron chi connectivity index (χ0n) is 16.1. The average molecular weight is 499 g/mol. The summed E-state index contributed by atoms with van der Waals surface area (Å²) in [6, 6.07) is 22.2. The third kappa shape index (κ3) is 6.52. The van der Waals surface area contributed by atoms with E-state index < -0.39 is 0 Å². The average Bonchev–Trinajstić information content (AvgIpc) is 2.73. The molecule has 0 spiro atoms. The Morgan fingerprint density at radius 3 is 2.20 bits per heavy atom. The summed E-state index contributed by atoms with van der Waals surface area (Å²) >= 11 is 10.2. The van der Waals surface area contributed by atoms with Crippen molar-refractivity contribution in [2.45, 2.75) is 11.8 Å². The first-order valence-electron chi connectivity index (χ1n) is 9.11. The highest BCUT2D eigenvalue weighted by Crippen LogP contribution is 2.23. The lowest BCUT2D eigenvalue weighted by Crippen LogP contribution is -2.19. The molecule has 0 aliphatic heterocycles. The lowest BCUT2D eigenvalue weighted by atomic mass is 10.1. The summed E-state index contributed by atoms with van der Waals surface area (Å²) in [4.78, 5) is 24.7. The van der Waals surface area contributed by atoms with E-state index in [0.717, 1.165) is 20.7 Å². The smallest absolute Gasteiger partial charge is 0.175 e. The molecule has 152 valence electrons. The van der Waals surface area contributed by atoms with E-state index in [1.165, 1.54) is 18.7 Å². The fourth-order valence-corrected chi connectivity index (χ4v) is 3.96. The van der Waals surface area contributed by atoms with Crippen molar-refractivity contribution in [3.8, 4) is 0 Å². The van der Waals surface area contributed by atoms with Gasteiger partial charge < -0.3 is 10.6 Å². The standard InChI is InChI=1S/C23H19BrN2O2S2/c1-15(27)16-7-11-19(12-8-16)25-23(29)26-20-3-2-4-21(13-20)30-14-22(28)17-5-9-18(24)10-6-17/h2-13H,14H2,1H3,(H2,25,26,29). The molecule has 0 bridgehead atoms. The molecule has 3 rings (SSSR count). The van der Waals surface area contributed by atoms with Crippen molar-refractivity contribution in [2.75, 3.05) is 16.4 Å². The van der Waals surface area contributed by atoms with Gasteiger partial charge in [-0.1, -0.05) is 34.1 Å². The van der Waals surface area contributed by atoms with Crippen LogP contribution in [0.2, 0.25) is 0 Å². The van der Waals surface area contributed by atoms with Gasteiger partial charge in [0.1, 0.15) is 0 Å². The molecule has 0 aliphatic carbocycles. The monoisotopic (exact) mass is 498 g/mol. The lowest BCUT2D eigenvalue weighted by molar-refractivity contribution is 0.101. The van der Waals surface area contributed by atoms with Crippen LogP contribution in [-0.2, 0) is 0 Å². The van der Waals surface area contributed by atoms with Crippen LogP contribution in [0.4, 0.5) is 11.4 Å². The van der Waals surface area contributed by atoms with E-state index in [0.29, 0.717) is 22.0 Å². The fourth-order valence-electron chi connectivity index (χ4n) is 2.61. The van der Waals surface area contributed by atoms with Gasteiger partial charge >= 0.3 is 0 Å². The molecule has 0 aliphatic rings. The highest BCUT2D eigenvalue weighted by molar-refractivity contribution is 9.10. The van der Waals surface area contributed by atoms with Gasteiger partial charge in [-0.05, 0) is 73.7 Å². The highest BCUT2D eigenvalue weighted by Gasteiger charge is 2.08. The fraction of sp³-hybridized carbons (Fsp3) is 0.0870. The van der Waals surface area contributed by atoms with E-state index >= 15 is 0 Å². The second kappa shape index (κ2) is 10.5. The van der Waals surface area contributed by atoms with Crippen molar-refractivity contribution < 1.29 is 9.59 Å². The molecular weight excluding hydrogens is 480 g/mol. The van der Waals surface area contributed by atoms with Crippen LogP contribution in [0, 0.1) is 0 Å². The van der Waals surface area contributed by atoms with Crippen molar-refractivity contribution in [3.05, 3.63) is 88.4 Å². The van der Waals surface area contributed by atoms with Crippen molar-refractivity contribution >= 4 is 68.0 Å². The number of thioether (sulfide) groups is 1. The maximum Gasteiger partial charge on any atom is 0.175 e. The first-order valence-corrected chi connectivity index (χ1v) is 11.3. The number of carbonyl (C=O) groups is 2. The Hall–Kier alpha value is -2.48. The number of benzene rings is 3. The Morgan fingerprint density at radius 1 is 0.900 bits per heavy atom. The molecule has 3 aromatic carbocycles. The molecule has 0 unspecified atom stereocenters. The molecular formula is C23H19BrN2O2S2. The number of hydrogen-bond acceptors (Lipinski definition) is 4. The van der Waals surface area contributed by atoms with Gasteiger partial charge in [-0.2, -0.15) is 0 Å². The van der Waals surface area contributed by atoms with Gasteiger partial charge in [-0.15, -0.1) is 11.8 Å². The lowest BCUT2D eigenvalue weighted by Gasteiger charge is -2.12. The molecule has 7 heteroatoms. The van der Waals surface area contributed by atoms with Crippen LogP contribution >= 0.6 is 39.9 Å². The van der Waals surface area contributed by atoms with Gasteiger partial charge in [0.25, 0.3) is 0 Å². The summed E-state index contributed by atoms with van der Waals surface area (Å²) in [5, 5.41) is 6.68. The number of hydrogen-bond donors (Lipinski definition) is 2. The third-order valence-corrected chi connectivity index (χ3v) is 5.90. The molecule has 2 N–H and O–H groups in total. The molecule has 0 radical (unpaired) electrons. The van der Waals surface area contributed by atoms with Crippen molar-refractivity contribution in [1.29, 1.82) is 0 Å². The van der Waals surface area contributed by atoms with E-state index in [-0.39, 0.29) is 11.6 Å². The molecule has 0 heterocycles. The van der Waals surface area contributed by atoms with E-state index in [1.54, 1.807) is 12.1 Å². The molecule has 0 aromatic heterocycles. The second-order valence-corrected chi connectivity index (χ2v) is 8.83. The predicted octanol–water partition coefficient (Wildman–Crippen LogP) is 6.44. The van der Waals surface area contributed by atoms with Crippen molar-refractivity contribution in [2.24, 2.45) is 0 Å². The normalized spacial score (nSPS) is 10.3. The van der Waals surface area contributed by atoms with E-state index in [1.807, 2.05) is 60.7 Å². The van der Waals surface area contributed by atoms with Gasteiger partial charge in [-0.3, -0.25) is 9.59 Å². The minimum absolute atomic E-state index is 0.0233. The number of anilines is 2. The van der Waals surface area contributed by atoms with Crippen LogP contribution in [0.25, 0.3) is 0 Å². The van der Waals surface area contributed by atoms with Gasteiger partial charge in [0.15, 0.2) is 16.7 Å². The van der Waals surface area contributed by atoms with Crippen LogP contribution in [0.3, 0.4) is 0 Å². The van der Waals surface area contributed by atoms with Crippen molar-refractivity contribution in [1.82, 2.24) is 0 Å². The number of halogens is 1. The number of ketones is 2. The van der Waals surface area contributed by atoms with Gasteiger partial charge in [0.05, 0.1) is 5.75 Å². The number of rotatable bonds is 7. The molecule has 0 saturated heterocycles. The van der Waals surface area contributed by atoms with Crippen LogP contribution in [0.5, 0.6) is 0 Å². The minimum atomic E-state index is 0.0233. The predicted molar refractivity (Wildman–Crippen MR) is 132 cm³/mol. The van der Waals surface area contributed by atoms with E-state index in [2.05, 4.69) is 26.6 Å². The first kappa shape index (κ1) is 22.2. The summed E-state index contributed by atoms with van der Waals surface area (Å²) in [5.41, 5.74) is 2.97. The molecule has 30 heavy (non-hydrogen) atoms. The number of nitrogens with one attached hydrogen (secondary N) is 2. The summed E-state index contributed by atoms with van der Waals surface area (Å²) in [5.74, 6) is 0.461. The van der Waals surface area contributed by atoms with E-state index in [4.69, 9.17) is 12.2 Å². The number of carbonyl (C=O) groups excluding carboxylic acids is 2. The van der Waals surface area contributed by atoms with Crippen LogP contribution < -0.4 is 10.6 Å². The molecule has 0 atom stereocenters. The summed E-state index contributed by atoms with van der Waals surface area (Å²) in [7, 11) is 0. The second-order valence-electron chi connectivity index (χ2n) is 6.46. The molecule has 0 saturated carbocycles. The molecule has 4 nitrogen and oxygen atoms in total. The highest BCUT2D eigenvalue weighted by atomic mass is 79.9. The zero-order chi connectivity index (χ0) is 21.5. The van der Waals surface area contributed by atoms with Crippen molar-refractivity contribution in [3.63, 3.8) is 0 Å². The first-order chi connectivity index (χ1) is 14.4. The molecule has 0 fully saturated rings. The maximum atomic E-state index is 12.4.